The molecule has 0 aliphatic heterocycles. The molecule has 27 rings (SSSR count). The highest BCUT2D eigenvalue weighted by atomic mass is 16.3. The lowest BCUT2D eigenvalue weighted by Crippen LogP contribution is -2.28. The maximum atomic E-state index is 6.23. The third kappa shape index (κ3) is 14.4. The summed E-state index contributed by atoms with van der Waals surface area (Å²) in [4.78, 5) is 4.80. The highest BCUT2D eigenvalue weighted by molar-refractivity contribution is 6.09. The van der Waals surface area contributed by atoms with Gasteiger partial charge in [0.2, 0.25) is 0 Å². The number of benzene rings is 23. The first-order valence-corrected chi connectivity index (χ1v) is 48.9. The Morgan fingerprint density at radius 1 is 0.148 bits per heavy atom. The number of hydrogen-bond donors (Lipinski definition) is 0. The van der Waals surface area contributed by atoms with Gasteiger partial charge in [-0.1, -0.05) is 455 Å². The van der Waals surface area contributed by atoms with Gasteiger partial charge in [0, 0.05) is 55.5 Å². The molecule has 0 amide bonds. The monoisotopic (exact) mass is 1810 g/mol. The van der Waals surface area contributed by atoms with Crippen LogP contribution in [0.15, 0.2) is 567 Å². The molecule has 0 bridgehead atoms. The van der Waals surface area contributed by atoms with Gasteiger partial charge in [-0.05, 0) is 264 Å². The van der Waals surface area contributed by atoms with Crippen LogP contribution >= 0.6 is 0 Å². The number of nitrogens with zero attached hydrogens (tertiary/aromatic N) is 2. The Labute approximate surface area is 826 Å². The van der Waals surface area contributed by atoms with Gasteiger partial charge in [-0.3, -0.25) is 0 Å². The summed E-state index contributed by atoms with van der Waals surface area (Å²) in [6, 6.07) is 203. The zero-order valence-electron chi connectivity index (χ0n) is 77.8. The molecule has 2 aliphatic carbocycles. The number of anilines is 6. The van der Waals surface area contributed by atoms with E-state index < -0.39 is 10.8 Å². The van der Waals surface area contributed by atoms with Crippen molar-refractivity contribution in [3.05, 3.63) is 603 Å². The summed E-state index contributed by atoms with van der Waals surface area (Å²) in [5.41, 5.74) is 43.3. The fraction of sp³-hybridized carbons (Fsp3) is 0.0145. The molecule has 4 nitrogen and oxygen atoms in total. The molecule has 0 fully saturated rings. The molecule has 0 radical (unpaired) electrons. The van der Waals surface area contributed by atoms with Gasteiger partial charge < -0.3 is 18.6 Å². The number of hydrogen-bond acceptors (Lipinski definition) is 4. The fourth-order valence-electron chi connectivity index (χ4n) is 22.9. The topological polar surface area (TPSA) is 32.8 Å². The van der Waals surface area contributed by atoms with E-state index in [1.54, 1.807) is 0 Å². The zero-order valence-corrected chi connectivity index (χ0v) is 77.8. The summed E-state index contributed by atoms with van der Waals surface area (Å²) in [5.74, 6) is 0. The van der Waals surface area contributed by atoms with E-state index >= 15 is 0 Å². The van der Waals surface area contributed by atoms with E-state index in [0.717, 1.165) is 111 Å². The smallest absolute Gasteiger partial charge is 0.135 e. The Balaban J connectivity index is 0.000000146. The molecule has 2 aliphatic rings. The summed E-state index contributed by atoms with van der Waals surface area (Å²) in [7, 11) is 0. The van der Waals surface area contributed by atoms with E-state index in [4.69, 9.17) is 8.83 Å². The van der Waals surface area contributed by atoms with E-state index in [-0.39, 0.29) is 0 Å². The van der Waals surface area contributed by atoms with Crippen molar-refractivity contribution < 1.29 is 8.83 Å². The van der Waals surface area contributed by atoms with Crippen LogP contribution < -0.4 is 9.80 Å². The van der Waals surface area contributed by atoms with Crippen molar-refractivity contribution in [2.45, 2.75) is 10.8 Å². The van der Waals surface area contributed by atoms with Crippen LogP contribution in [0, 0.1) is 0 Å². The van der Waals surface area contributed by atoms with Gasteiger partial charge in [0.15, 0.2) is 0 Å². The SMILES string of the molecule is c1ccc(-c2ccc(-c3ccccc3N(c3ccc(-c4cccc5c4-c4ccccc4C5(c4ccccc4)c4ccccc4)cc3)c3cccc(-c4ccc5oc6ccccc6c5c4)c3)cc2)cc1.c1ccc(C2(c3ccccc3)c3ccccc3-c3c(-c4ccc(N(c5ccc(-c6ccc(-c7cccc8ccccc78)cc6)cc5)c5cccc(-c6ccc7oc8ccccc8c7c6)c5)cc4)cccc32)cc1. The largest absolute Gasteiger partial charge is 0.456 e. The van der Waals surface area contributed by atoms with E-state index in [1.165, 1.54) is 133 Å². The first-order chi connectivity index (χ1) is 70.4. The molecular weight excluding hydrogens is 1720 g/mol. The van der Waals surface area contributed by atoms with Crippen molar-refractivity contribution in [1.82, 2.24) is 0 Å². The van der Waals surface area contributed by atoms with Gasteiger partial charge in [0.1, 0.15) is 22.3 Å². The van der Waals surface area contributed by atoms with Crippen molar-refractivity contribution in [1.29, 1.82) is 0 Å². The minimum Gasteiger partial charge on any atom is -0.456 e. The zero-order chi connectivity index (χ0) is 94.0. The molecule has 2 aromatic heterocycles. The average Bonchev–Trinajstić information content (AvgIpc) is 1.53. The van der Waals surface area contributed by atoms with E-state index in [0.29, 0.717) is 0 Å². The lowest BCUT2D eigenvalue weighted by Gasteiger charge is -2.34. The molecule has 666 valence electrons. The predicted octanol–water partition coefficient (Wildman–Crippen LogP) is 37.3. The molecule has 0 saturated carbocycles. The highest BCUT2D eigenvalue weighted by Gasteiger charge is 2.49. The van der Waals surface area contributed by atoms with Crippen molar-refractivity contribution in [2.75, 3.05) is 9.80 Å². The summed E-state index contributed by atoms with van der Waals surface area (Å²) >= 11 is 0. The Kier molecular flexibility index (Phi) is 21.1. The van der Waals surface area contributed by atoms with Gasteiger partial charge in [-0.25, -0.2) is 0 Å². The number of fused-ring (bicyclic) bond motifs is 13. The molecular formula is C138H92N2O2. The summed E-state index contributed by atoms with van der Waals surface area (Å²) in [6.45, 7) is 0. The maximum Gasteiger partial charge on any atom is 0.135 e. The first-order valence-electron chi connectivity index (χ1n) is 48.9. The molecule has 0 atom stereocenters. The second kappa shape index (κ2) is 35.6. The van der Waals surface area contributed by atoms with Gasteiger partial charge in [0.25, 0.3) is 0 Å². The van der Waals surface area contributed by atoms with Crippen LogP contribution in [0.1, 0.15) is 44.5 Å². The Morgan fingerprint density at radius 2 is 0.430 bits per heavy atom. The van der Waals surface area contributed by atoms with Crippen molar-refractivity contribution in [3.63, 3.8) is 0 Å². The van der Waals surface area contributed by atoms with Crippen LogP contribution in [0.4, 0.5) is 34.1 Å². The van der Waals surface area contributed by atoms with Crippen LogP contribution in [0.3, 0.4) is 0 Å². The minimum absolute atomic E-state index is 0.466. The third-order valence-electron chi connectivity index (χ3n) is 29.4. The quantitative estimate of drug-likeness (QED) is 0.0857. The summed E-state index contributed by atoms with van der Waals surface area (Å²) < 4.78 is 12.5. The van der Waals surface area contributed by atoms with E-state index in [2.05, 4.69) is 544 Å². The maximum absolute atomic E-state index is 6.23. The van der Waals surface area contributed by atoms with Crippen LogP contribution in [0.2, 0.25) is 0 Å². The van der Waals surface area contributed by atoms with Crippen LogP contribution in [-0.4, -0.2) is 0 Å². The van der Waals surface area contributed by atoms with Gasteiger partial charge in [-0.2, -0.15) is 0 Å². The second-order valence-electron chi connectivity index (χ2n) is 37.1. The van der Waals surface area contributed by atoms with Crippen LogP contribution in [-0.2, 0) is 10.8 Å². The number of furan rings is 2. The van der Waals surface area contributed by atoms with Gasteiger partial charge >= 0.3 is 0 Å². The molecule has 2 heterocycles. The number of para-hydroxylation sites is 3. The van der Waals surface area contributed by atoms with Gasteiger partial charge in [0.05, 0.1) is 16.5 Å². The van der Waals surface area contributed by atoms with Crippen LogP contribution in [0.25, 0.3) is 166 Å². The molecule has 0 saturated heterocycles. The predicted molar refractivity (Wildman–Crippen MR) is 592 cm³/mol. The molecule has 0 spiro atoms. The fourth-order valence-corrected chi connectivity index (χ4v) is 22.9. The van der Waals surface area contributed by atoms with Gasteiger partial charge in [-0.15, -0.1) is 0 Å². The van der Waals surface area contributed by atoms with E-state index in [1.807, 2.05) is 24.3 Å². The highest BCUT2D eigenvalue weighted by Crippen LogP contribution is 2.61. The average molecular weight is 1810 g/mol. The third-order valence-corrected chi connectivity index (χ3v) is 29.4. The Morgan fingerprint density at radius 3 is 0.901 bits per heavy atom. The van der Waals surface area contributed by atoms with Crippen molar-refractivity contribution >= 4 is 88.8 Å². The normalized spacial score (nSPS) is 12.5. The lowest BCUT2D eigenvalue weighted by molar-refractivity contribution is 0.668. The number of rotatable bonds is 18. The molecule has 0 unspecified atom stereocenters. The Bertz CT molecular complexity index is 8960. The Hall–Kier alpha value is -18.5. The molecule has 142 heavy (non-hydrogen) atoms. The molecule has 25 aromatic rings. The van der Waals surface area contributed by atoms with E-state index in [9.17, 15) is 0 Å². The first kappa shape index (κ1) is 84.1. The molecule has 0 N–H and O–H groups in total. The molecule has 23 aromatic carbocycles. The second-order valence-corrected chi connectivity index (χ2v) is 37.1. The van der Waals surface area contributed by atoms with Crippen molar-refractivity contribution in [3.8, 4) is 111 Å². The summed E-state index contributed by atoms with van der Waals surface area (Å²) in [6.07, 6.45) is 0. The minimum atomic E-state index is -0.468. The van der Waals surface area contributed by atoms with Crippen molar-refractivity contribution in [2.24, 2.45) is 0 Å². The summed E-state index contributed by atoms with van der Waals surface area (Å²) in [5, 5.41) is 6.99. The standard InChI is InChI=1S/C71H47NO.C67H45NO/c1-3-19-55(20-4-1)71(56-21-5-2-6-22-56)66-29-11-9-26-64(66)70-62(28-15-30-67(70)71)52-38-43-58(44-39-52)72(59-23-13-18-53(46-59)54-40-45-69-65(47-54)63-25-10-12-31-68(63)73-69)57-41-36-49(37-42-57)48-32-34-51(35-33-48)61-27-14-17-50-16-7-8-24-60(50)61;1-4-18-46(19-5-1)47-34-36-48(37-35-47)56-26-11-14-32-63(56)68(55-25-16-20-50(44-55)51-40-43-65-60(45-51)58-27-12-15-33-64(58)69-65)54-41-38-49(39-42-54)57-29-17-31-62-66(57)59-28-10-13-30-61(59)67(62,52-21-6-2-7-22-52)53-23-8-3-9-24-53/h1-47H;1-45H. The van der Waals surface area contributed by atoms with Crippen LogP contribution in [0.5, 0.6) is 0 Å². The lowest BCUT2D eigenvalue weighted by atomic mass is 9.67. The molecule has 4 heteroatoms.